The van der Waals surface area contributed by atoms with Gasteiger partial charge in [-0.2, -0.15) is 0 Å². The van der Waals surface area contributed by atoms with Gasteiger partial charge < -0.3 is 24.3 Å². The predicted molar refractivity (Wildman–Crippen MR) is 84.1 cm³/mol. The zero-order chi connectivity index (χ0) is 17.5. The first-order chi connectivity index (χ1) is 11.5. The zero-order valence-electron chi connectivity index (χ0n) is 13.3. The van der Waals surface area contributed by atoms with Gasteiger partial charge in [-0.15, -0.1) is 0 Å². The van der Waals surface area contributed by atoms with Gasteiger partial charge in [0.15, 0.2) is 12.0 Å². The van der Waals surface area contributed by atoms with Gasteiger partial charge in [-0.3, -0.25) is 4.79 Å². The fourth-order valence-electron chi connectivity index (χ4n) is 2.04. The highest BCUT2D eigenvalue weighted by Gasteiger charge is 2.20. The average Bonchev–Trinajstić information content (AvgIpc) is 2.59. The van der Waals surface area contributed by atoms with Crippen LogP contribution >= 0.6 is 0 Å². The van der Waals surface area contributed by atoms with Gasteiger partial charge >= 0.3 is 5.97 Å². The molecule has 0 fully saturated rings. The number of aromatic carboxylic acids is 1. The van der Waals surface area contributed by atoms with Crippen molar-refractivity contribution in [2.24, 2.45) is 0 Å². The monoisotopic (exact) mass is 334 g/mol. The second-order valence-corrected chi connectivity index (χ2v) is 4.87. The van der Waals surface area contributed by atoms with Gasteiger partial charge in [-0.1, -0.05) is 30.3 Å². The number of nitrogens with zero attached hydrogens (tertiary/aromatic N) is 1. The number of nitrogens with one attached hydrogen (secondary N) is 1. The van der Waals surface area contributed by atoms with E-state index >= 15 is 0 Å². The average molecular weight is 334 g/mol. The number of carboxylic acids is 1. The highest BCUT2D eigenvalue weighted by atomic mass is 16.7. The van der Waals surface area contributed by atoms with Crippen molar-refractivity contribution >= 4 is 5.97 Å². The van der Waals surface area contributed by atoms with Crippen LogP contribution in [-0.4, -0.2) is 41.6 Å². The number of aromatic amines is 1. The molecular weight excluding hydrogens is 316 g/mol. The van der Waals surface area contributed by atoms with Gasteiger partial charge in [0.05, 0.1) is 6.42 Å². The third kappa shape index (κ3) is 4.40. The number of aromatic nitrogens is 2. The molecule has 0 radical (unpaired) electrons. The molecular formula is C16H18N2O6. The van der Waals surface area contributed by atoms with Crippen molar-refractivity contribution < 1.29 is 24.1 Å². The van der Waals surface area contributed by atoms with E-state index in [-0.39, 0.29) is 24.6 Å². The zero-order valence-corrected chi connectivity index (χ0v) is 13.3. The Kier molecular flexibility index (Phi) is 6.05. The van der Waals surface area contributed by atoms with Crippen LogP contribution in [-0.2, 0) is 22.5 Å². The van der Waals surface area contributed by atoms with E-state index in [1.807, 2.05) is 18.2 Å². The van der Waals surface area contributed by atoms with Crippen molar-refractivity contribution in [3.8, 4) is 5.75 Å². The minimum absolute atomic E-state index is 0.0595. The van der Waals surface area contributed by atoms with Crippen LogP contribution in [0.1, 0.15) is 21.9 Å². The minimum atomic E-state index is -1.35. The Bertz CT molecular complexity index is 740. The lowest BCUT2D eigenvalue weighted by molar-refractivity contribution is -0.101. The smallest absolute Gasteiger partial charge is 0.358 e. The van der Waals surface area contributed by atoms with E-state index in [1.165, 1.54) is 14.2 Å². The predicted octanol–water partition coefficient (Wildman–Crippen LogP) is 1.21. The minimum Gasteiger partial charge on any atom is -0.481 e. The number of H-pyrrole nitrogens is 1. The van der Waals surface area contributed by atoms with Crippen LogP contribution < -0.4 is 10.3 Å². The van der Waals surface area contributed by atoms with Gasteiger partial charge in [0, 0.05) is 14.2 Å². The Morgan fingerprint density at radius 2 is 1.92 bits per heavy atom. The van der Waals surface area contributed by atoms with Gasteiger partial charge in [0.25, 0.3) is 5.56 Å². The SMILES string of the molecule is COC(Cc1nc(C(=O)O)c(OCc2ccccc2)c(=O)[nH]1)OC. The molecule has 0 aliphatic heterocycles. The lowest BCUT2D eigenvalue weighted by Gasteiger charge is -2.14. The fraction of sp³-hybridized carbons (Fsp3) is 0.312. The van der Waals surface area contributed by atoms with E-state index in [0.717, 1.165) is 5.56 Å². The van der Waals surface area contributed by atoms with Crippen LogP contribution in [0.15, 0.2) is 35.1 Å². The molecule has 0 aliphatic carbocycles. The maximum atomic E-state index is 12.2. The highest BCUT2D eigenvalue weighted by molar-refractivity contribution is 5.88. The molecule has 0 spiro atoms. The van der Waals surface area contributed by atoms with Crippen LogP contribution in [0.4, 0.5) is 0 Å². The van der Waals surface area contributed by atoms with Crippen molar-refractivity contribution in [2.75, 3.05) is 14.2 Å². The van der Waals surface area contributed by atoms with Crippen LogP contribution in [0.25, 0.3) is 0 Å². The van der Waals surface area contributed by atoms with Crippen molar-refractivity contribution in [1.82, 2.24) is 9.97 Å². The Balaban J connectivity index is 2.27. The van der Waals surface area contributed by atoms with Crippen LogP contribution in [0.2, 0.25) is 0 Å². The van der Waals surface area contributed by atoms with Gasteiger partial charge in [-0.05, 0) is 5.56 Å². The summed E-state index contributed by atoms with van der Waals surface area (Å²) < 4.78 is 15.4. The van der Waals surface area contributed by atoms with Crippen molar-refractivity contribution in [3.63, 3.8) is 0 Å². The van der Waals surface area contributed by atoms with Crippen molar-refractivity contribution in [2.45, 2.75) is 19.3 Å². The normalized spacial score (nSPS) is 10.8. The molecule has 0 atom stereocenters. The maximum absolute atomic E-state index is 12.2. The second-order valence-electron chi connectivity index (χ2n) is 4.87. The number of rotatable bonds is 8. The van der Waals surface area contributed by atoms with E-state index in [2.05, 4.69) is 9.97 Å². The Hall–Kier alpha value is -2.71. The molecule has 2 rings (SSSR count). The summed E-state index contributed by atoms with van der Waals surface area (Å²) in [6, 6.07) is 9.09. The lowest BCUT2D eigenvalue weighted by atomic mass is 10.2. The van der Waals surface area contributed by atoms with Crippen LogP contribution in [0, 0.1) is 0 Å². The summed E-state index contributed by atoms with van der Waals surface area (Å²) in [5.41, 5.74) is -0.314. The summed E-state index contributed by atoms with van der Waals surface area (Å²) in [6.07, 6.45) is -0.549. The molecule has 2 aromatic rings. The maximum Gasteiger partial charge on any atom is 0.358 e. The molecule has 2 N–H and O–H groups in total. The number of methoxy groups -OCH3 is 2. The second kappa shape index (κ2) is 8.23. The van der Waals surface area contributed by atoms with Crippen molar-refractivity contribution in [3.05, 3.63) is 57.8 Å². The lowest BCUT2D eigenvalue weighted by Crippen LogP contribution is -2.24. The molecule has 0 unspecified atom stereocenters. The van der Waals surface area contributed by atoms with Crippen LogP contribution in [0.3, 0.4) is 0 Å². The van der Waals surface area contributed by atoms with Gasteiger partial charge in [-0.25, -0.2) is 9.78 Å². The number of carbonyl (C=O) groups is 1. The molecule has 1 heterocycles. The van der Waals surface area contributed by atoms with E-state index in [0.29, 0.717) is 0 Å². The molecule has 24 heavy (non-hydrogen) atoms. The molecule has 128 valence electrons. The van der Waals surface area contributed by atoms with Gasteiger partial charge in [0.1, 0.15) is 12.4 Å². The van der Waals surface area contributed by atoms with Crippen molar-refractivity contribution in [1.29, 1.82) is 0 Å². The number of hydrogen-bond acceptors (Lipinski definition) is 6. The van der Waals surface area contributed by atoms with E-state index in [1.54, 1.807) is 12.1 Å². The molecule has 8 heteroatoms. The Morgan fingerprint density at radius 1 is 1.25 bits per heavy atom. The first-order valence-electron chi connectivity index (χ1n) is 7.14. The summed E-state index contributed by atoms with van der Waals surface area (Å²) in [6.45, 7) is 0.0595. The standard InChI is InChI=1S/C16H18N2O6/c1-22-12(23-2)8-11-17-13(16(20)21)14(15(19)18-11)24-9-10-6-4-3-5-7-10/h3-7,12H,8-9H2,1-2H3,(H,20,21)(H,17,18,19). The summed E-state index contributed by atoms with van der Waals surface area (Å²) in [4.78, 5) is 30.0. The molecule has 1 aromatic carbocycles. The van der Waals surface area contributed by atoms with Crippen LogP contribution in [0.5, 0.6) is 5.75 Å². The van der Waals surface area contributed by atoms with E-state index < -0.39 is 23.5 Å². The molecule has 0 aliphatic rings. The molecule has 8 nitrogen and oxygen atoms in total. The highest BCUT2D eigenvalue weighted by Crippen LogP contribution is 2.14. The third-order valence-electron chi connectivity index (χ3n) is 3.24. The molecule has 0 saturated heterocycles. The first kappa shape index (κ1) is 17.6. The number of hydrogen-bond donors (Lipinski definition) is 2. The summed E-state index contributed by atoms with van der Waals surface area (Å²) >= 11 is 0. The summed E-state index contributed by atoms with van der Waals surface area (Å²) in [5.74, 6) is -1.54. The summed E-state index contributed by atoms with van der Waals surface area (Å²) in [5, 5.41) is 9.30. The Labute approximate surface area is 138 Å². The van der Waals surface area contributed by atoms with E-state index in [4.69, 9.17) is 14.2 Å². The van der Waals surface area contributed by atoms with E-state index in [9.17, 15) is 14.7 Å². The topological polar surface area (TPSA) is 111 Å². The number of carboxylic acid groups (broad SMARTS) is 1. The molecule has 0 bridgehead atoms. The molecule has 0 amide bonds. The quantitative estimate of drug-likeness (QED) is 0.698. The fourth-order valence-corrected chi connectivity index (χ4v) is 2.04. The van der Waals surface area contributed by atoms with Gasteiger partial charge in [0.2, 0.25) is 5.75 Å². The first-order valence-corrected chi connectivity index (χ1v) is 7.14. The molecule has 1 aromatic heterocycles. The third-order valence-corrected chi connectivity index (χ3v) is 3.24. The number of ether oxygens (including phenoxy) is 3. The largest absolute Gasteiger partial charge is 0.481 e. The summed E-state index contributed by atoms with van der Waals surface area (Å²) in [7, 11) is 2.86. The Morgan fingerprint density at radius 3 is 2.50 bits per heavy atom. The molecule has 0 saturated carbocycles. The number of benzene rings is 1.